The number of aliphatic hydroxyl groups is 1. The highest BCUT2D eigenvalue weighted by atomic mass is 16.3. The summed E-state index contributed by atoms with van der Waals surface area (Å²) < 4.78 is 1.93. The van der Waals surface area contributed by atoms with E-state index in [1.807, 2.05) is 17.8 Å². The highest BCUT2D eigenvalue weighted by Crippen LogP contribution is 2.45. The van der Waals surface area contributed by atoms with Crippen molar-refractivity contribution < 1.29 is 9.90 Å². The van der Waals surface area contributed by atoms with Crippen LogP contribution in [0.25, 0.3) is 0 Å². The van der Waals surface area contributed by atoms with E-state index in [4.69, 9.17) is 0 Å². The molecule has 2 bridgehead atoms. The average molecular weight is 346 g/mol. The molecule has 3 fully saturated rings. The fraction of sp³-hybridized carbons (Fsp3) is 0.789. The minimum atomic E-state index is -0.859. The molecule has 4 heterocycles. The Bertz CT molecular complexity index is 629. The van der Waals surface area contributed by atoms with Gasteiger partial charge in [0.25, 0.3) is 0 Å². The first-order valence-corrected chi connectivity index (χ1v) is 9.73. The Morgan fingerprint density at radius 2 is 2.00 bits per heavy atom. The molecule has 0 saturated carbocycles. The number of aromatic nitrogens is 2. The zero-order valence-electron chi connectivity index (χ0n) is 15.4. The van der Waals surface area contributed by atoms with Gasteiger partial charge in [-0.05, 0) is 51.9 Å². The molecule has 25 heavy (non-hydrogen) atoms. The second kappa shape index (κ2) is 6.40. The van der Waals surface area contributed by atoms with Crippen molar-refractivity contribution in [1.82, 2.24) is 19.4 Å². The van der Waals surface area contributed by atoms with Gasteiger partial charge in [-0.2, -0.15) is 0 Å². The van der Waals surface area contributed by atoms with Gasteiger partial charge in [0.2, 0.25) is 5.91 Å². The van der Waals surface area contributed by atoms with E-state index in [0.717, 1.165) is 38.1 Å². The molecule has 0 spiro atoms. The van der Waals surface area contributed by atoms with Gasteiger partial charge in [0, 0.05) is 44.1 Å². The second-order valence-electron chi connectivity index (χ2n) is 8.29. The molecular formula is C19H30N4O2. The Kier molecular flexibility index (Phi) is 4.36. The Morgan fingerprint density at radius 3 is 2.60 bits per heavy atom. The molecular weight excluding hydrogens is 316 g/mol. The lowest BCUT2D eigenvalue weighted by Gasteiger charge is -2.44. The zero-order valence-corrected chi connectivity index (χ0v) is 15.4. The largest absolute Gasteiger partial charge is 0.382 e. The van der Waals surface area contributed by atoms with Crippen molar-refractivity contribution in [1.29, 1.82) is 0 Å². The van der Waals surface area contributed by atoms with Gasteiger partial charge in [-0.15, -0.1) is 0 Å². The Morgan fingerprint density at radius 1 is 1.28 bits per heavy atom. The van der Waals surface area contributed by atoms with Crippen LogP contribution in [0.4, 0.5) is 0 Å². The molecule has 0 unspecified atom stereocenters. The number of aryl methyl sites for hydroxylation is 1. The number of piperidine rings is 2. The first kappa shape index (κ1) is 17.0. The number of hydrogen-bond donors (Lipinski definition) is 1. The van der Waals surface area contributed by atoms with Crippen molar-refractivity contribution in [3.05, 3.63) is 18.2 Å². The normalized spacial score (nSPS) is 36.0. The first-order chi connectivity index (χ1) is 12.0. The Labute approximate surface area is 149 Å². The average Bonchev–Trinajstić information content (AvgIpc) is 3.11. The minimum absolute atomic E-state index is 0.270. The number of carbonyl (C=O) groups excluding carboxylic acids is 1. The van der Waals surface area contributed by atoms with Gasteiger partial charge in [0.1, 0.15) is 11.4 Å². The topological polar surface area (TPSA) is 61.6 Å². The van der Waals surface area contributed by atoms with Gasteiger partial charge < -0.3 is 14.6 Å². The van der Waals surface area contributed by atoms with Crippen molar-refractivity contribution >= 4 is 5.91 Å². The van der Waals surface area contributed by atoms with E-state index < -0.39 is 5.60 Å². The minimum Gasteiger partial charge on any atom is -0.382 e. The number of hydrogen-bond acceptors (Lipinski definition) is 4. The number of amides is 1. The van der Waals surface area contributed by atoms with Crippen molar-refractivity contribution in [2.45, 2.75) is 75.6 Å². The molecule has 1 amide bonds. The fourth-order valence-corrected chi connectivity index (χ4v) is 5.29. The van der Waals surface area contributed by atoms with Crippen molar-refractivity contribution in [3.8, 4) is 0 Å². The molecule has 1 aromatic heterocycles. The summed E-state index contributed by atoms with van der Waals surface area (Å²) in [6.07, 6.45) is 10.6. The quantitative estimate of drug-likeness (QED) is 0.904. The highest BCUT2D eigenvalue weighted by Gasteiger charge is 2.50. The summed E-state index contributed by atoms with van der Waals surface area (Å²) in [5, 5.41) is 11.2. The summed E-state index contributed by atoms with van der Waals surface area (Å²) in [4.78, 5) is 21.7. The number of likely N-dealkylation sites (tertiary alicyclic amines) is 1. The maximum absolute atomic E-state index is 12.8. The molecule has 1 aromatic rings. The van der Waals surface area contributed by atoms with Gasteiger partial charge in [0.15, 0.2) is 0 Å². The van der Waals surface area contributed by atoms with Crippen LogP contribution in [-0.2, 0) is 17.4 Å². The third-order valence-electron chi connectivity index (χ3n) is 6.60. The van der Waals surface area contributed by atoms with Crippen LogP contribution in [0.2, 0.25) is 0 Å². The third-order valence-corrected chi connectivity index (χ3v) is 6.60. The van der Waals surface area contributed by atoms with E-state index in [-0.39, 0.29) is 18.0 Å². The van der Waals surface area contributed by atoms with Gasteiger partial charge in [-0.1, -0.05) is 0 Å². The molecule has 3 aliphatic rings. The maximum atomic E-state index is 12.8. The smallest absolute Gasteiger partial charge is 0.237 e. The van der Waals surface area contributed by atoms with E-state index in [1.54, 1.807) is 6.20 Å². The van der Waals surface area contributed by atoms with Crippen LogP contribution in [-0.4, -0.2) is 61.6 Å². The van der Waals surface area contributed by atoms with E-state index in [0.29, 0.717) is 25.4 Å². The predicted octanol–water partition coefficient (Wildman–Crippen LogP) is 1.64. The fourth-order valence-electron chi connectivity index (χ4n) is 5.29. The number of rotatable bonds is 3. The molecule has 3 saturated heterocycles. The van der Waals surface area contributed by atoms with Crippen LogP contribution >= 0.6 is 0 Å². The van der Waals surface area contributed by atoms with Crippen molar-refractivity contribution in [2.24, 2.45) is 7.05 Å². The predicted molar refractivity (Wildman–Crippen MR) is 94.9 cm³/mol. The summed E-state index contributed by atoms with van der Waals surface area (Å²) in [7, 11) is 1.94. The highest BCUT2D eigenvalue weighted by molar-refractivity contribution is 5.78. The summed E-state index contributed by atoms with van der Waals surface area (Å²) in [5.41, 5.74) is -0.859. The number of carbonyl (C=O) groups is 1. The SMILES string of the molecule is C[C@@H]1CCCCN1C(=O)CN1[C@H]2CC[C@H]1CC(O)(c1nccn1C)C2. The summed E-state index contributed by atoms with van der Waals surface area (Å²) in [5.74, 6) is 1.03. The van der Waals surface area contributed by atoms with Crippen LogP contribution in [0.5, 0.6) is 0 Å². The lowest BCUT2D eigenvalue weighted by atomic mass is 9.85. The third kappa shape index (κ3) is 2.99. The molecule has 3 aliphatic heterocycles. The van der Waals surface area contributed by atoms with E-state index in [9.17, 15) is 9.90 Å². The van der Waals surface area contributed by atoms with Crippen LogP contribution < -0.4 is 0 Å². The standard InChI is InChI=1S/C19H30N4O2/c1-14-5-3-4-9-22(14)17(24)13-23-15-6-7-16(23)12-19(25,11-15)18-20-8-10-21(18)2/h8,10,14-16,25H,3-7,9,11-13H2,1-2H3/t14-,15+,16+/m1/s1. The van der Waals surface area contributed by atoms with E-state index in [1.165, 1.54) is 6.42 Å². The first-order valence-electron chi connectivity index (χ1n) is 9.73. The molecule has 0 radical (unpaired) electrons. The number of fused-ring (bicyclic) bond motifs is 2. The lowest BCUT2D eigenvalue weighted by molar-refractivity contribution is -0.139. The number of imidazole rings is 1. The van der Waals surface area contributed by atoms with Gasteiger partial charge in [-0.25, -0.2) is 4.98 Å². The van der Waals surface area contributed by atoms with Gasteiger partial charge in [-0.3, -0.25) is 9.69 Å². The Hall–Kier alpha value is -1.40. The van der Waals surface area contributed by atoms with Gasteiger partial charge in [0.05, 0.1) is 6.54 Å². The molecule has 6 heteroatoms. The summed E-state index contributed by atoms with van der Waals surface area (Å²) in [6.45, 7) is 3.58. The van der Waals surface area contributed by atoms with Crippen molar-refractivity contribution in [3.63, 3.8) is 0 Å². The number of nitrogens with zero attached hydrogens (tertiary/aromatic N) is 4. The van der Waals surface area contributed by atoms with Crippen LogP contribution in [0.3, 0.4) is 0 Å². The lowest BCUT2D eigenvalue weighted by Crippen LogP contribution is -2.54. The molecule has 3 atom stereocenters. The maximum Gasteiger partial charge on any atom is 0.237 e. The van der Waals surface area contributed by atoms with Gasteiger partial charge >= 0.3 is 0 Å². The molecule has 0 aromatic carbocycles. The van der Waals surface area contributed by atoms with Crippen LogP contribution in [0, 0.1) is 0 Å². The van der Waals surface area contributed by atoms with Crippen LogP contribution in [0.1, 0.15) is 57.7 Å². The summed E-state index contributed by atoms with van der Waals surface area (Å²) >= 11 is 0. The molecule has 138 valence electrons. The molecule has 0 aliphatic carbocycles. The molecule has 4 rings (SSSR count). The van der Waals surface area contributed by atoms with E-state index >= 15 is 0 Å². The van der Waals surface area contributed by atoms with Crippen LogP contribution in [0.15, 0.2) is 12.4 Å². The second-order valence-corrected chi connectivity index (χ2v) is 8.29. The molecule has 1 N–H and O–H groups in total. The Balaban J connectivity index is 1.46. The zero-order chi connectivity index (χ0) is 17.6. The monoisotopic (exact) mass is 346 g/mol. The molecule has 6 nitrogen and oxygen atoms in total. The summed E-state index contributed by atoms with van der Waals surface area (Å²) in [6, 6.07) is 0.933. The van der Waals surface area contributed by atoms with E-state index in [2.05, 4.69) is 21.7 Å². The van der Waals surface area contributed by atoms with Crippen molar-refractivity contribution in [2.75, 3.05) is 13.1 Å².